The van der Waals surface area contributed by atoms with Gasteiger partial charge in [0.2, 0.25) is 17.7 Å². The summed E-state index contributed by atoms with van der Waals surface area (Å²) >= 11 is 0. The van der Waals surface area contributed by atoms with Crippen LogP contribution in [0.15, 0.2) is 53.8 Å². The van der Waals surface area contributed by atoms with E-state index in [4.69, 9.17) is 9.47 Å². The fraction of sp³-hybridized carbons (Fsp3) is 0.595. The molecule has 0 aromatic heterocycles. The largest absolute Gasteiger partial charge is 0.375 e. The molecule has 1 aromatic carbocycles. The van der Waals surface area contributed by atoms with Gasteiger partial charge in [-0.25, -0.2) is 0 Å². The second-order valence-corrected chi connectivity index (χ2v) is 13.8. The highest BCUT2D eigenvalue weighted by molar-refractivity contribution is 5.85. The standard InChI is InChI=1S/C37H55N3O5/c1-27(2)28(3)39-34(42)20-24-44-37(6,7)22-25-45-36(4,5)21-23-38-33(41)18-19-35(43)40-26-31-14-9-8-12-29(31)16-17-30-13-10-11-15-32(30)40/h8-10,12-14,16-17,27-28H,11,15,18-26H2,1-7H3,(H,38,41)(H,39,42)/b17-16-/t28-/m0/s1. The molecular formula is C37H55N3O5. The van der Waals surface area contributed by atoms with E-state index in [1.807, 2.05) is 51.7 Å². The van der Waals surface area contributed by atoms with Gasteiger partial charge in [0.25, 0.3) is 0 Å². The Labute approximate surface area is 270 Å². The van der Waals surface area contributed by atoms with Crippen molar-refractivity contribution in [3.8, 4) is 0 Å². The normalized spacial score (nSPS) is 16.4. The van der Waals surface area contributed by atoms with Crippen LogP contribution in [0.1, 0.15) is 105 Å². The van der Waals surface area contributed by atoms with Crippen LogP contribution in [0.25, 0.3) is 6.08 Å². The third-order valence-electron chi connectivity index (χ3n) is 8.65. The minimum atomic E-state index is -0.436. The van der Waals surface area contributed by atoms with Gasteiger partial charge in [0, 0.05) is 37.5 Å². The summed E-state index contributed by atoms with van der Waals surface area (Å²) in [5, 5.41) is 5.97. The third-order valence-corrected chi connectivity index (χ3v) is 8.65. The molecule has 0 fully saturated rings. The first kappa shape index (κ1) is 36.2. The van der Waals surface area contributed by atoms with Crippen LogP contribution >= 0.6 is 0 Å². The SMILES string of the molecule is CC(C)[C@H](C)NC(=O)CCOC(C)(C)CCOC(C)(C)CCNC(=O)CCC(=O)N1Cc2ccccc2/C=C\C2=C1CCC=C2. The van der Waals surface area contributed by atoms with E-state index in [0.717, 1.165) is 35.2 Å². The maximum atomic E-state index is 13.4. The van der Waals surface area contributed by atoms with Crippen molar-refractivity contribution < 1.29 is 23.9 Å². The number of benzene rings is 1. The molecule has 0 spiro atoms. The average molecular weight is 622 g/mol. The predicted octanol–water partition coefficient (Wildman–Crippen LogP) is 6.46. The van der Waals surface area contributed by atoms with Crippen molar-refractivity contribution in [3.63, 3.8) is 0 Å². The number of allylic oxidation sites excluding steroid dienone is 5. The molecule has 8 heteroatoms. The van der Waals surface area contributed by atoms with Crippen LogP contribution in [0.5, 0.6) is 0 Å². The van der Waals surface area contributed by atoms with Crippen LogP contribution in [0.3, 0.4) is 0 Å². The highest BCUT2D eigenvalue weighted by atomic mass is 16.5. The molecular weight excluding hydrogens is 566 g/mol. The molecule has 0 saturated heterocycles. The molecule has 1 aliphatic heterocycles. The molecule has 0 saturated carbocycles. The number of ether oxygens (including phenoxy) is 2. The first-order chi connectivity index (χ1) is 21.3. The summed E-state index contributed by atoms with van der Waals surface area (Å²) in [6.07, 6.45) is 12.1. The predicted molar refractivity (Wildman–Crippen MR) is 180 cm³/mol. The summed E-state index contributed by atoms with van der Waals surface area (Å²) in [6, 6.07) is 8.27. The number of rotatable bonds is 16. The van der Waals surface area contributed by atoms with Crippen LogP contribution in [-0.2, 0) is 30.4 Å². The molecule has 8 nitrogen and oxygen atoms in total. The second-order valence-electron chi connectivity index (χ2n) is 13.8. The van der Waals surface area contributed by atoms with Gasteiger partial charge >= 0.3 is 0 Å². The molecule has 2 N–H and O–H groups in total. The van der Waals surface area contributed by atoms with Gasteiger partial charge in [0.15, 0.2) is 0 Å². The molecule has 0 bridgehead atoms. The Bertz CT molecular complexity index is 1260. The number of hydrogen-bond donors (Lipinski definition) is 2. The number of carbonyl (C=O) groups excluding carboxylic acids is 3. The minimum absolute atomic E-state index is 0.00419. The average Bonchev–Trinajstić information content (AvgIpc) is 2.96. The zero-order valence-corrected chi connectivity index (χ0v) is 28.5. The van der Waals surface area contributed by atoms with Crippen LogP contribution in [0, 0.1) is 5.92 Å². The molecule has 3 rings (SSSR count). The van der Waals surface area contributed by atoms with Crippen molar-refractivity contribution in [2.45, 2.75) is 117 Å². The summed E-state index contributed by atoms with van der Waals surface area (Å²) in [5.41, 5.74) is 3.44. The Hall–Kier alpha value is -3.23. The highest BCUT2D eigenvalue weighted by Crippen LogP contribution is 2.30. The van der Waals surface area contributed by atoms with Gasteiger partial charge in [0.05, 0.1) is 31.0 Å². The van der Waals surface area contributed by atoms with Crippen molar-refractivity contribution in [1.29, 1.82) is 0 Å². The van der Waals surface area contributed by atoms with E-state index in [2.05, 4.69) is 60.9 Å². The van der Waals surface area contributed by atoms with Crippen molar-refractivity contribution in [1.82, 2.24) is 15.5 Å². The topological polar surface area (TPSA) is 97.0 Å². The lowest BCUT2D eigenvalue weighted by molar-refractivity contribution is -0.132. The quantitative estimate of drug-likeness (QED) is 0.221. The zero-order chi connectivity index (χ0) is 33.0. The van der Waals surface area contributed by atoms with Gasteiger partial charge in [-0.3, -0.25) is 14.4 Å². The zero-order valence-electron chi connectivity index (χ0n) is 28.5. The Balaban J connectivity index is 1.38. The van der Waals surface area contributed by atoms with E-state index in [0.29, 0.717) is 51.5 Å². The second kappa shape index (κ2) is 16.9. The number of fused-ring (bicyclic) bond motifs is 1. The lowest BCUT2D eigenvalue weighted by atomic mass is 9.96. The molecule has 1 aromatic rings. The van der Waals surface area contributed by atoms with Crippen molar-refractivity contribution >= 4 is 23.8 Å². The van der Waals surface area contributed by atoms with E-state index in [1.54, 1.807) is 0 Å². The summed E-state index contributed by atoms with van der Waals surface area (Å²) in [7, 11) is 0. The molecule has 0 radical (unpaired) electrons. The fourth-order valence-corrected chi connectivity index (χ4v) is 5.22. The monoisotopic (exact) mass is 621 g/mol. The lowest BCUT2D eigenvalue weighted by Gasteiger charge is -2.30. The third kappa shape index (κ3) is 12.2. The molecule has 1 aliphatic carbocycles. The first-order valence-electron chi connectivity index (χ1n) is 16.6. The van der Waals surface area contributed by atoms with Crippen LogP contribution in [0.2, 0.25) is 0 Å². The van der Waals surface area contributed by atoms with Crippen LogP contribution < -0.4 is 10.6 Å². The van der Waals surface area contributed by atoms with Gasteiger partial charge in [-0.05, 0) is 82.9 Å². The Morgan fingerprint density at radius 1 is 0.867 bits per heavy atom. The summed E-state index contributed by atoms with van der Waals surface area (Å²) in [4.78, 5) is 40.2. The van der Waals surface area contributed by atoms with Crippen molar-refractivity contribution in [3.05, 3.63) is 64.9 Å². The molecule has 3 amide bonds. The molecule has 1 atom stereocenters. The van der Waals surface area contributed by atoms with Crippen LogP contribution in [0.4, 0.5) is 0 Å². The number of nitrogens with one attached hydrogen (secondary N) is 2. The Morgan fingerprint density at radius 3 is 2.33 bits per heavy atom. The number of nitrogens with zero attached hydrogens (tertiary/aromatic N) is 1. The van der Waals surface area contributed by atoms with E-state index < -0.39 is 11.2 Å². The fourth-order valence-electron chi connectivity index (χ4n) is 5.22. The molecule has 1 heterocycles. The maximum Gasteiger partial charge on any atom is 0.227 e. The molecule has 2 aliphatic rings. The van der Waals surface area contributed by atoms with E-state index in [9.17, 15) is 14.4 Å². The van der Waals surface area contributed by atoms with Gasteiger partial charge < -0.3 is 25.0 Å². The Morgan fingerprint density at radius 2 is 1.58 bits per heavy atom. The first-order valence-corrected chi connectivity index (χ1v) is 16.6. The number of amides is 3. The van der Waals surface area contributed by atoms with Gasteiger partial charge in [0.1, 0.15) is 0 Å². The van der Waals surface area contributed by atoms with E-state index in [-0.39, 0.29) is 36.6 Å². The molecule has 0 unspecified atom stereocenters. The van der Waals surface area contributed by atoms with Crippen molar-refractivity contribution in [2.24, 2.45) is 5.92 Å². The van der Waals surface area contributed by atoms with Crippen molar-refractivity contribution in [2.75, 3.05) is 19.8 Å². The number of hydrogen-bond acceptors (Lipinski definition) is 5. The maximum absolute atomic E-state index is 13.4. The highest BCUT2D eigenvalue weighted by Gasteiger charge is 2.26. The molecule has 45 heavy (non-hydrogen) atoms. The van der Waals surface area contributed by atoms with Gasteiger partial charge in [-0.15, -0.1) is 0 Å². The Kier molecular flexibility index (Phi) is 13.6. The van der Waals surface area contributed by atoms with E-state index in [1.165, 1.54) is 0 Å². The number of carbonyl (C=O) groups is 3. The summed E-state index contributed by atoms with van der Waals surface area (Å²) in [5.74, 6) is 0.230. The van der Waals surface area contributed by atoms with Crippen LogP contribution in [-0.4, -0.2) is 59.6 Å². The lowest BCUT2D eigenvalue weighted by Crippen LogP contribution is -2.37. The summed E-state index contributed by atoms with van der Waals surface area (Å²) < 4.78 is 12.1. The van der Waals surface area contributed by atoms with E-state index >= 15 is 0 Å². The smallest absolute Gasteiger partial charge is 0.227 e. The van der Waals surface area contributed by atoms with Gasteiger partial charge in [-0.2, -0.15) is 0 Å². The summed E-state index contributed by atoms with van der Waals surface area (Å²) in [6.45, 7) is 16.0. The van der Waals surface area contributed by atoms with Gasteiger partial charge in [-0.1, -0.05) is 62.4 Å². The molecule has 248 valence electrons. The minimum Gasteiger partial charge on any atom is -0.375 e.